The Morgan fingerprint density at radius 1 is 1.13 bits per heavy atom. The van der Waals surface area contributed by atoms with E-state index in [1.54, 1.807) is 0 Å². The molecule has 23 heavy (non-hydrogen) atoms. The highest BCUT2D eigenvalue weighted by molar-refractivity contribution is 7.92. The summed E-state index contributed by atoms with van der Waals surface area (Å²) in [5, 5.41) is 0. The first-order valence-electron chi connectivity index (χ1n) is 7.95. The van der Waals surface area contributed by atoms with Crippen molar-refractivity contribution in [2.24, 2.45) is 0 Å². The molecule has 1 aromatic carbocycles. The first-order chi connectivity index (χ1) is 10.4. The van der Waals surface area contributed by atoms with E-state index in [-0.39, 0.29) is 11.8 Å². The summed E-state index contributed by atoms with van der Waals surface area (Å²) in [6, 6.07) is 5.57. The Morgan fingerprint density at radius 2 is 1.70 bits per heavy atom. The zero-order valence-corrected chi connectivity index (χ0v) is 15.4. The van der Waals surface area contributed by atoms with E-state index in [0.29, 0.717) is 0 Å². The summed E-state index contributed by atoms with van der Waals surface area (Å²) in [4.78, 5) is 0. The molecule has 7 heteroatoms. The monoisotopic (exact) mass is 337 g/mol. The standard InChI is InChI=1S/C16H24BNO4S/c1-11(2)18-14-8-7-13(9-12(14)10-23(18,19)20)17-21-15(3,4)16(5,6)22-17/h7-9,11H,10H2,1-6H3. The number of benzene rings is 1. The number of nitrogens with zero attached hydrogens (tertiary/aromatic N) is 1. The van der Waals surface area contributed by atoms with Crippen LogP contribution in [0.25, 0.3) is 0 Å². The number of rotatable bonds is 2. The van der Waals surface area contributed by atoms with Gasteiger partial charge >= 0.3 is 7.12 Å². The normalized spacial score (nSPS) is 24.3. The van der Waals surface area contributed by atoms with Crippen LogP contribution >= 0.6 is 0 Å². The van der Waals surface area contributed by atoms with Gasteiger partial charge in [0.25, 0.3) is 0 Å². The fourth-order valence-electron chi connectivity index (χ4n) is 3.08. The van der Waals surface area contributed by atoms with E-state index in [2.05, 4.69) is 0 Å². The molecule has 1 aromatic rings. The van der Waals surface area contributed by atoms with Crippen molar-refractivity contribution >= 4 is 28.3 Å². The van der Waals surface area contributed by atoms with Crippen molar-refractivity contribution in [2.75, 3.05) is 4.31 Å². The average Bonchev–Trinajstić information content (AvgIpc) is 2.76. The minimum Gasteiger partial charge on any atom is -0.399 e. The highest BCUT2D eigenvalue weighted by Gasteiger charge is 2.52. The topological polar surface area (TPSA) is 55.8 Å². The molecule has 1 saturated heterocycles. The summed E-state index contributed by atoms with van der Waals surface area (Å²) in [6.45, 7) is 11.8. The third kappa shape index (κ3) is 2.59. The van der Waals surface area contributed by atoms with Gasteiger partial charge in [-0.2, -0.15) is 0 Å². The molecule has 0 atom stereocenters. The van der Waals surface area contributed by atoms with Crippen molar-refractivity contribution in [1.29, 1.82) is 0 Å². The lowest BCUT2D eigenvalue weighted by molar-refractivity contribution is 0.00578. The van der Waals surface area contributed by atoms with E-state index >= 15 is 0 Å². The molecule has 1 fully saturated rings. The molecule has 126 valence electrons. The van der Waals surface area contributed by atoms with Crippen LogP contribution in [0.5, 0.6) is 0 Å². The smallest absolute Gasteiger partial charge is 0.399 e. The van der Waals surface area contributed by atoms with E-state index in [4.69, 9.17) is 9.31 Å². The maximum atomic E-state index is 12.4. The third-order valence-corrected chi connectivity index (χ3v) is 6.87. The van der Waals surface area contributed by atoms with Gasteiger partial charge < -0.3 is 9.31 Å². The Labute approximate surface area is 139 Å². The van der Waals surface area contributed by atoms with Crippen LogP contribution in [0.15, 0.2) is 18.2 Å². The number of anilines is 1. The number of hydrogen-bond donors (Lipinski definition) is 0. The van der Waals surface area contributed by atoms with Crippen molar-refractivity contribution in [2.45, 2.75) is 64.5 Å². The fourth-order valence-corrected chi connectivity index (χ4v) is 4.96. The third-order valence-electron chi connectivity index (χ3n) is 4.97. The predicted molar refractivity (Wildman–Crippen MR) is 92.4 cm³/mol. The molecule has 0 saturated carbocycles. The quantitative estimate of drug-likeness (QED) is 0.775. The second-order valence-corrected chi connectivity index (χ2v) is 9.47. The first kappa shape index (κ1) is 16.8. The largest absolute Gasteiger partial charge is 0.494 e. The summed E-state index contributed by atoms with van der Waals surface area (Å²) in [5.41, 5.74) is 1.62. The Kier molecular flexibility index (Phi) is 3.63. The molecule has 0 bridgehead atoms. The van der Waals surface area contributed by atoms with Crippen molar-refractivity contribution in [3.63, 3.8) is 0 Å². The van der Waals surface area contributed by atoms with Crippen LogP contribution in [0.2, 0.25) is 0 Å². The van der Waals surface area contributed by atoms with Crippen molar-refractivity contribution in [1.82, 2.24) is 0 Å². The van der Waals surface area contributed by atoms with Crippen molar-refractivity contribution < 1.29 is 17.7 Å². The molecule has 2 heterocycles. The van der Waals surface area contributed by atoms with Crippen LogP contribution in [0.1, 0.15) is 47.1 Å². The van der Waals surface area contributed by atoms with Gasteiger partial charge in [-0.05, 0) is 58.6 Å². The van der Waals surface area contributed by atoms with E-state index in [0.717, 1.165) is 16.7 Å². The summed E-state index contributed by atoms with van der Waals surface area (Å²) in [5.74, 6) is 0.0356. The minimum atomic E-state index is -3.28. The molecule has 3 rings (SSSR count). The lowest BCUT2D eigenvalue weighted by atomic mass is 9.78. The maximum Gasteiger partial charge on any atom is 0.494 e. The van der Waals surface area contributed by atoms with Gasteiger partial charge in [-0.15, -0.1) is 0 Å². The summed E-state index contributed by atoms with van der Waals surface area (Å²) in [6.07, 6.45) is 0. The summed E-state index contributed by atoms with van der Waals surface area (Å²) >= 11 is 0. The number of sulfonamides is 1. The molecular formula is C16H24BNO4S. The lowest BCUT2D eigenvalue weighted by Gasteiger charge is -2.32. The van der Waals surface area contributed by atoms with Crippen LogP contribution in [0.4, 0.5) is 5.69 Å². The van der Waals surface area contributed by atoms with Crippen LogP contribution in [0, 0.1) is 0 Å². The second kappa shape index (κ2) is 4.97. The van der Waals surface area contributed by atoms with Crippen LogP contribution in [0.3, 0.4) is 0 Å². The molecular weight excluding hydrogens is 313 g/mol. The van der Waals surface area contributed by atoms with E-state index < -0.39 is 28.3 Å². The molecule has 0 unspecified atom stereocenters. The highest BCUT2D eigenvalue weighted by Crippen LogP contribution is 2.38. The molecule has 0 spiro atoms. The van der Waals surface area contributed by atoms with E-state index in [9.17, 15) is 8.42 Å². The van der Waals surface area contributed by atoms with E-state index in [1.165, 1.54) is 4.31 Å². The zero-order chi connectivity index (χ0) is 17.2. The zero-order valence-electron chi connectivity index (χ0n) is 14.6. The van der Waals surface area contributed by atoms with Gasteiger partial charge in [0.2, 0.25) is 10.0 Å². The maximum absolute atomic E-state index is 12.4. The van der Waals surface area contributed by atoms with Crippen LogP contribution < -0.4 is 9.77 Å². The fraction of sp³-hybridized carbons (Fsp3) is 0.625. The summed E-state index contributed by atoms with van der Waals surface area (Å²) < 4.78 is 38.3. The SMILES string of the molecule is CC(C)N1c2ccc(B3OC(C)(C)C(C)(C)O3)cc2CS1(=O)=O. The molecule has 5 nitrogen and oxygen atoms in total. The lowest BCUT2D eigenvalue weighted by Crippen LogP contribution is -2.41. The van der Waals surface area contributed by atoms with Gasteiger partial charge in [0.1, 0.15) is 0 Å². The molecule has 0 amide bonds. The van der Waals surface area contributed by atoms with Crippen LogP contribution in [-0.2, 0) is 25.1 Å². The summed E-state index contributed by atoms with van der Waals surface area (Å²) in [7, 11) is -3.75. The minimum absolute atomic E-state index is 0.0356. The van der Waals surface area contributed by atoms with Gasteiger partial charge in [0.05, 0.1) is 22.6 Å². The van der Waals surface area contributed by atoms with Gasteiger partial charge in [0.15, 0.2) is 0 Å². The van der Waals surface area contributed by atoms with Gasteiger partial charge in [-0.1, -0.05) is 12.1 Å². The molecule has 2 aliphatic heterocycles. The first-order valence-corrected chi connectivity index (χ1v) is 9.56. The van der Waals surface area contributed by atoms with Gasteiger partial charge in [-0.25, -0.2) is 8.42 Å². The van der Waals surface area contributed by atoms with Crippen molar-refractivity contribution in [3.05, 3.63) is 23.8 Å². The molecule has 0 radical (unpaired) electrons. The Hall–Kier alpha value is -1.05. The number of fused-ring (bicyclic) bond motifs is 1. The molecule has 0 N–H and O–H groups in total. The molecule has 0 aromatic heterocycles. The molecule has 2 aliphatic rings. The van der Waals surface area contributed by atoms with Crippen LogP contribution in [-0.4, -0.2) is 32.8 Å². The Bertz CT molecular complexity index is 726. The second-order valence-electron chi connectivity index (χ2n) is 7.62. The average molecular weight is 337 g/mol. The number of hydrogen-bond acceptors (Lipinski definition) is 4. The Balaban J connectivity index is 1.96. The molecule has 0 aliphatic carbocycles. The van der Waals surface area contributed by atoms with Crippen molar-refractivity contribution in [3.8, 4) is 0 Å². The van der Waals surface area contributed by atoms with Gasteiger partial charge in [-0.3, -0.25) is 4.31 Å². The van der Waals surface area contributed by atoms with Gasteiger partial charge in [0, 0.05) is 6.04 Å². The Morgan fingerprint density at radius 3 is 2.22 bits per heavy atom. The van der Waals surface area contributed by atoms with E-state index in [1.807, 2.05) is 59.7 Å². The highest BCUT2D eigenvalue weighted by atomic mass is 32.2. The predicted octanol–water partition coefficient (Wildman–Crippen LogP) is 2.04.